The largest absolute Gasteiger partial charge is 0.442 e. The van der Waals surface area contributed by atoms with Gasteiger partial charge in [-0.15, -0.1) is 0 Å². The van der Waals surface area contributed by atoms with Gasteiger partial charge in [0.2, 0.25) is 0 Å². The van der Waals surface area contributed by atoms with Gasteiger partial charge in [0.1, 0.15) is 6.10 Å². The van der Waals surface area contributed by atoms with Crippen LogP contribution in [0.15, 0.2) is 0 Å². The van der Waals surface area contributed by atoms with Gasteiger partial charge in [0.25, 0.3) is 0 Å². The Morgan fingerprint density at radius 1 is 1.53 bits per heavy atom. The van der Waals surface area contributed by atoms with Gasteiger partial charge in [0.15, 0.2) is 9.84 Å². The Bertz CT molecular complexity index is 365. The molecule has 0 bridgehead atoms. The second-order valence-electron chi connectivity index (χ2n) is 3.90. The number of carbonyl (C=O) groups excluding carboxylic acids is 1. The first-order valence-corrected chi connectivity index (χ1v) is 6.62. The van der Waals surface area contributed by atoms with E-state index in [1.54, 1.807) is 0 Å². The second-order valence-corrected chi connectivity index (χ2v) is 6.13. The Kier molecular flexibility index (Phi) is 2.59. The molecule has 2 atom stereocenters. The Balaban J connectivity index is 2.04. The molecular weight excluding hydrogens is 222 g/mol. The van der Waals surface area contributed by atoms with E-state index in [-0.39, 0.29) is 30.7 Å². The number of hydrogen-bond donors (Lipinski definition) is 1. The molecule has 6 nitrogen and oxygen atoms in total. The summed E-state index contributed by atoms with van der Waals surface area (Å²) in [6, 6.07) is -0.279. The smallest absolute Gasteiger partial charge is 0.410 e. The van der Waals surface area contributed by atoms with Gasteiger partial charge in [-0.2, -0.15) is 0 Å². The summed E-state index contributed by atoms with van der Waals surface area (Å²) >= 11 is 0. The topological polar surface area (TPSA) is 83.9 Å². The van der Waals surface area contributed by atoms with Crippen molar-refractivity contribution in [1.82, 2.24) is 4.90 Å². The van der Waals surface area contributed by atoms with Crippen LogP contribution in [0.1, 0.15) is 6.42 Å². The lowest BCUT2D eigenvalue weighted by Crippen LogP contribution is -2.37. The lowest BCUT2D eigenvalue weighted by molar-refractivity contribution is 0.0942. The zero-order valence-electron chi connectivity index (χ0n) is 8.13. The summed E-state index contributed by atoms with van der Waals surface area (Å²) in [7, 11) is -2.99. The molecule has 2 saturated heterocycles. The molecule has 1 amide bonds. The van der Waals surface area contributed by atoms with E-state index in [0.29, 0.717) is 6.42 Å². The highest BCUT2D eigenvalue weighted by Gasteiger charge is 2.40. The summed E-state index contributed by atoms with van der Waals surface area (Å²) in [5.74, 6) is 0.144. The minimum Gasteiger partial charge on any atom is -0.442 e. The molecule has 1 unspecified atom stereocenters. The van der Waals surface area contributed by atoms with Gasteiger partial charge in [-0.05, 0) is 6.42 Å². The van der Waals surface area contributed by atoms with E-state index in [9.17, 15) is 13.2 Å². The molecule has 86 valence electrons. The Morgan fingerprint density at radius 3 is 2.73 bits per heavy atom. The lowest BCUT2D eigenvalue weighted by atomic mass is 10.2. The molecule has 2 aliphatic rings. The van der Waals surface area contributed by atoms with Crippen molar-refractivity contribution >= 4 is 15.9 Å². The first kappa shape index (κ1) is 10.7. The maximum Gasteiger partial charge on any atom is 0.410 e. The van der Waals surface area contributed by atoms with E-state index < -0.39 is 22.0 Å². The summed E-state index contributed by atoms with van der Waals surface area (Å²) in [6.07, 6.45) is -0.563. The first-order valence-electron chi connectivity index (χ1n) is 4.80. The van der Waals surface area contributed by atoms with Crippen LogP contribution in [0.25, 0.3) is 0 Å². The molecule has 15 heavy (non-hydrogen) atoms. The van der Waals surface area contributed by atoms with Crippen LogP contribution in [-0.4, -0.2) is 61.3 Å². The van der Waals surface area contributed by atoms with Crippen molar-refractivity contribution in [3.05, 3.63) is 0 Å². The molecule has 2 heterocycles. The SMILES string of the molecule is O=C1O[C@@H](CO)CN1C1CCS(=O)(=O)C1. The zero-order chi connectivity index (χ0) is 11.1. The number of hydrogen-bond acceptors (Lipinski definition) is 5. The summed E-state index contributed by atoms with van der Waals surface area (Å²) < 4.78 is 27.3. The molecule has 7 heteroatoms. The summed E-state index contributed by atoms with van der Waals surface area (Å²) in [6.45, 7) is 0.0667. The van der Waals surface area contributed by atoms with E-state index in [1.807, 2.05) is 0 Å². The van der Waals surface area contributed by atoms with Gasteiger partial charge in [-0.1, -0.05) is 0 Å². The number of aliphatic hydroxyl groups excluding tert-OH is 1. The van der Waals surface area contributed by atoms with Crippen LogP contribution < -0.4 is 0 Å². The number of aliphatic hydroxyl groups is 1. The number of ether oxygens (including phenoxy) is 1. The number of carbonyl (C=O) groups is 1. The van der Waals surface area contributed by atoms with Crippen LogP contribution in [0, 0.1) is 0 Å². The molecule has 2 fully saturated rings. The van der Waals surface area contributed by atoms with Gasteiger partial charge < -0.3 is 14.7 Å². The number of sulfone groups is 1. The Morgan fingerprint density at radius 2 is 2.27 bits per heavy atom. The van der Waals surface area contributed by atoms with Gasteiger partial charge in [-0.25, -0.2) is 13.2 Å². The highest BCUT2D eigenvalue weighted by atomic mass is 32.2. The third-order valence-electron chi connectivity index (χ3n) is 2.76. The Labute approximate surface area is 87.7 Å². The molecule has 2 aliphatic heterocycles. The lowest BCUT2D eigenvalue weighted by Gasteiger charge is -2.19. The molecule has 0 radical (unpaired) electrons. The monoisotopic (exact) mass is 235 g/mol. The fourth-order valence-corrected chi connectivity index (χ4v) is 3.69. The molecule has 0 aromatic carbocycles. The predicted molar refractivity (Wildman–Crippen MR) is 51.1 cm³/mol. The molecular formula is C8H13NO5S. The third kappa shape index (κ3) is 2.07. The zero-order valence-corrected chi connectivity index (χ0v) is 8.94. The van der Waals surface area contributed by atoms with Crippen LogP contribution in [0.2, 0.25) is 0 Å². The second kappa shape index (κ2) is 3.64. The summed E-state index contributed by atoms with van der Waals surface area (Å²) in [5.41, 5.74) is 0. The van der Waals surface area contributed by atoms with Crippen LogP contribution >= 0.6 is 0 Å². The van der Waals surface area contributed by atoms with Gasteiger partial charge in [-0.3, -0.25) is 0 Å². The average Bonchev–Trinajstić information content (AvgIpc) is 2.69. The van der Waals surface area contributed by atoms with Gasteiger partial charge >= 0.3 is 6.09 Å². The van der Waals surface area contributed by atoms with Crippen LogP contribution in [0.5, 0.6) is 0 Å². The maximum atomic E-state index is 11.3. The van der Waals surface area contributed by atoms with E-state index in [2.05, 4.69) is 0 Å². The number of amides is 1. The molecule has 1 N–H and O–H groups in total. The Hall–Kier alpha value is -0.820. The average molecular weight is 235 g/mol. The van der Waals surface area contributed by atoms with Crippen molar-refractivity contribution in [2.45, 2.75) is 18.6 Å². The van der Waals surface area contributed by atoms with Crippen molar-refractivity contribution in [1.29, 1.82) is 0 Å². The molecule has 0 aromatic rings. The first-order chi connectivity index (χ1) is 7.02. The minimum absolute atomic E-state index is 0.0141. The van der Waals surface area contributed by atoms with Crippen molar-refractivity contribution in [2.75, 3.05) is 24.7 Å². The minimum atomic E-state index is -2.99. The van der Waals surface area contributed by atoms with Crippen LogP contribution in [-0.2, 0) is 14.6 Å². The number of rotatable bonds is 2. The number of cyclic esters (lactones) is 1. The van der Waals surface area contributed by atoms with E-state index in [1.165, 1.54) is 4.90 Å². The van der Waals surface area contributed by atoms with Gasteiger partial charge in [0, 0.05) is 0 Å². The summed E-state index contributed by atoms with van der Waals surface area (Å²) in [4.78, 5) is 12.7. The van der Waals surface area contributed by atoms with Crippen LogP contribution in [0.3, 0.4) is 0 Å². The fourth-order valence-electron chi connectivity index (χ4n) is 1.96. The molecule has 0 spiro atoms. The van der Waals surface area contributed by atoms with E-state index in [4.69, 9.17) is 9.84 Å². The van der Waals surface area contributed by atoms with Crippen LogP contribution in [0.4, 0.5) is 4.79 Å². The third-order valence-corrected chi connectivity index (χ3v) is 4.51. The van der Waals surface area contributed by atoms with Gasteiger partial charge in [0.05, 0.1) is 30.7 Å². The van der Waals surface area contributed by atoms with E-state index >= 15 is 0 Å². The standard InChI is InChI=1S/C8H13NO5S/c10-4-7-3-9(8(11)14-7)6-1-2-15(12,13)5-6/h6-7,10H,1-5H2/t6?,7-/m1/s1. The normalized spacial score (nSPS) is 34.5. The van der Waals surface area contributed by atoms with Crippen molar-refractivity contribution in [2.24, 2.45) is 0 Å². The molecule has 2 rings (SSSR count). The highest BCUT2D eigenvalue weighted by molar-refractivity contribution is 7.91. The quantitative estimate of drug-likeness (QED) is 0.662. The predicted octanol–water partition coefficient (Wildman–Crippen LogP) is -1.01. The number of nitrogens with zero attached hydrogens (tertiary/aromatic N) is 1. The van der Waals surface area contributed by atoms with Crippen molar-refractivity contribution in [3.63, 3.8) is 0 Å². The molecule has 0 aromatic heterocycles. The van der Waals surface area contributed by atoms with E-state index in [0.717, 1.165) is 0 Å². The molecule has 0 aliphatic carbocycles. The highest BCUT2D eigenvalue weighted by Crippen LogP contribution is 2.22. The van der Waals surface area contributed by atoms with Crippen molar-refractivity contribution in [3.8, 4) is 0 Å². The summed E-state index contributed by atoms with van der Waals surface area (Å²) in [5, 5.41) is 8.82. The van der Waals surface area contributed by atoms with Crippen molar-refractivity contribution < 1.29 is 23.1 Å². The maximum absolute atomic E-state index is 11.3. The molecule has 0 saturated carbocycles. The fraction of sp³-hybridized carbons (Fsp3) is 0.875.